The Kier molecular flexibility index (Phi) is 13.2. The predicted octanol–water partition coefficient (Wildman–Crippen LogP) is 7.24. The fraction of sp³-hybridized carbons (Fsp3) is 0.429. The van der Waals surface area contributed by atoms with Gasteiger partial charge in [-0.15, -0.1) is 0 Å². The van der Waals surface area contributed by atoms with E-state index in [0.717, 1.165) is 47.3 Å². The molecule has 3 aromatic carbocycles. The van der Waals surface area contributed by atoms with Crippen LogP contribution >= 0.6 is 0 Å². The van der Waals surface area contributed by atoms with Crippen molar-refractivity contribution >= 4 is 12.0 Å². The summed E-state index contributed by atoms with van der Waals surface area (Å²) >= 11 is 0. The molecule has 42 heavy (non-hydrogen) atoms. The van der Waals surface area contributed by atoms with E-state index >= 15 is 0 Å². The highest BCUT2D eigenvalue weighted by Gasteiger charge is 2.16. The van der Waals surface area contributed by atoms with E-state index in [1.165, 1.54) is 5.56 Å². The smallest absolute Gasteiger partial charge is 0.344 e. The minimum atomic E-state index is -0.371. The standard InChI is InChI=1S/C35H46N2O5/c1-6-25(4)30-22-28(29-15-17-33(31(23-29)26(5)7-2)42-24-34(38)40-8-3)14-16-32(30)41-21-20-37-35(39)36-19-18-27-12-10-9-11-13-27/h9-17,22-23,25-26H,6-8,18-21,24H2,1-5H3,(H2,36,37,39). The van der Waals surface area contributed by atoms with Crippen molar-refractivity contribution in [1.82, 2.24) is 10.6 Å². The molecule has 7 nitrogen and oxygen atoms in total. The third kappa shape index (κ3) is 9.82. The van der Waals surface area contributed by atoms with Crippen LogP contribution in [-0.2, 0) is 16.0 Å². The van der Waals surface area contributed by atoms with E-state index < -0.39 is 0 Å². The first-order valence-electron chi connectivity index (χ1n) is 15.1. The Balaban J connectivity index is 1.64. The minimum absolute atomic E-state index is 0.106. The van der Waals surface area contributed by atoms with E-state index in [1.54, 1.807) is 6.92 Å². The number of hydrogen-bond acceptors (Lipinski definition) is 5. The summed E-state index contributed by atoms with van der Waals surface area (Å²) in [6, 6.07) is 22.3. The maximum Gasteiger partial charge on any atom is 0.344 e. The molecule has 0 aliphatic rings. The number of hydrogen-bond donors (Lipinski definition) is 2. The lowest BCUT2D eigenvalue weighted by atomic mass is 9.91. The Morgan fingerprint density at radius 1 is 0.738 bits per heavy atom. The molecule has 0 saturated heterocycles. The zero-order chi connectivity index (χ0) is 30.3. The summed E-state index contributed by atoms with van der Waals surface area (Å²) in [5, 5.41) is 5.77. The molecule has 0 aliphatic heterocycles. The summed E-state index contributed by atoms with van der Waals surface area (Å²) in [4.78, 5) is 24.0. The molecular weight excluding hydrogens is 528 g/mol. The maximum atomic E-state index is 12.2. The molecule has 0 spiro atoms. The SMILES string of the molecule is CCOC(=O)COc1ccc(-c2ccc(OCCNC(=O)NCCc3ccccc3)c(C(C)CC)c2)cc1C(C)CC. The van der Waals surface area contributed by atoms with E-state index in [-0.39, 0.29) is 24.5 Å². The average molecular weight is 575 g/mol. The van der Waals surface area contributed by atoms with E-state index in [0.29, 0.717) is 38.0 Å². The van der Waals surface area contributed by atoms with Gasteiger partial charge in [-0.2, -0.15) is 0 Å². The molecule has 0 fully saturated rings. The second-order valence-electron chi connectivity index (χ2n) is 10.5. The van der Waals surface area contributed by atoms with Crippen molar-refractivity contribution in [2.24, 2.45) is 0 Å². The van der Waals surface area contributed by atoms with Crippen molar-refractivity contribution < 1.29 is 23.8 Å². The number of rotatable bonds is 16. The molecule has 3 rings (SSSR count). The van der Waals surface area contributed by atoms with Crippen LogP contribution in [0.3, 0.4) is 0 Å². The van der Waals surface area contributed by atoms with Crippen molar-refractivity contribution in [2.45, 2.75) is 65.7 Å². The molecule has 2 amide bonds. The quantitative estimate of drug-likeness (QED) is 0.139. The van der Waals surface area contributed by atoms with Crippen molar-refractivity contribution in [3.8, 4) is 22.6 Å². The number of carbonyl (C=O) groups excluding carboxylic acids is 2. The first-order valence-corrected chi connectivity index (χ1v) is 15.1. The maximum absolute atomic E-state index is 12.2. The van der Waals surface area contributed by atoms with Crippen molar-refractivity contribution in [1.29, 1.82) is 0 Å². The van der Waals surface area contributed by atoms with Gasteiger partial charge in [0.2, 0.25) is 0 Å². The molecule has 0 heterocycles. The normalized spacial score (nSPS) is 12.2. The van der Waals surface area contributed by atoms with E-state index in [9.17, 15) is 9.59 Å². The number of amides is 2. The Hall–Kier alpha value is -4.00. The van der Waals surface area contributed by atoms with Gasteiger partial charge in [-0.1, -0.05) is 70.2 Å². The molecule has 7 heteroatoms. The molecule has 3 aromatic rings. The van der Waals surface area contributed by atoms with Crippen LogP contribution in [0.5, 0.6) is 11.5 Å². The first kappa shape index (κ1) is 32.5. The molecule has 0 aromatic heterocycles. The Bertz CT molecular complexity index is 1280. The molecule has 226 valence electrons. The van der Waals surface area contributed by atoms with Gasteiger partial charge in [0, 0.05) is 6.54 Å². The largest absolute Gasteiger partial charge is 0.491 e. The lowest BCUT2D eigenvalue weighted by molar-refractivity contribution is -0.145. The van der Waals surface area contributed by atoms with Crippen molar-refractivity contribution in [3.63, 3.8) is 0 Å². The summed E-state index contributed by atoms with van der Waals surface area (Å²) < 4.78 is 17.0. The van der Waals surface area contributed by atoms with Gasteiger partial charge in [0.05, 0.1) is 13.2 Å². The third-order valence-corrected chi connectivity index (χ3v) is 7.48. The van der Waals surface area contributed by atoms with Gasteiger partial charge in [0.15, 0.2) is 6.61 Å². The van der Waals surface area contributed by atoms with Gasteiger partial charge in [-0.05, 0) is 90.1 Å². The number of ether oxygens (including phenoxy) is 3. The minimum Gasteiger partial charge on any atom is -0.491 e. The molecule has 0 saturated carbocycles. The molecule has 2 N–H and O–H groups in total. The molecule has 0 radical (unpaired) electrons. The van der Waals surface area contributed by atoms with Crippen LogP contribution in [0.15, 0.2) is 66.7 Å². The average Bonchev–Trinajstić information content (AvgIpc) is 3.02. The van der Waals surface area contributed by atoms with Gasteiger partial charge < -0.3 is 24.8 Å². The van der Waals surface area contributed by atoms with Crippen LogP contribution in [0.1, 0.15) is 76.0 Å². The lowest BCUT2D eigenvalue weighted by Crippen LogP contribution is -2.38. The highest BCUT2D eigenvalue weighted by Crippen LogP contribution is 2.37. The topological polar surface area (TPSA) is 85.9 Å². The van der Waals surface area contributed by atoms with Gasteiger partial charge >= 0.3 is 12.0 Å². The fourth-order valence-corrected chi connectivity index (χ4v) is 4.62. The summed E-state index contributed by atoms with van der Waals surface area (Å²) in [5.74, 6) is 1.73. The number of esters is 1. The number of benzene rings is 3. The van der Waals surface area contributed by atoms with Gasteiger partial charge in [0.25, 0.3) is 0 Å². The highest BCUT2D eigenvalue weighted by atomic mass is 16.6. The third-order valence-electron chi connectivity index (χ3n) is 7.48. The van der Waals surface area contributed by atoms with Gasteiger partial charge in [0.1, 0.15) is 18.1 Å². The molecular formula is C35H46N2O5. The summed E-state index contributed by atoms with van der Waals surface area (Å²) in [6.07, 6.45) is 2.71. The first-order chi connectivity index (χ1) is 20.4. The van der Waals surface area contributed by atoms with Gasteiger partial charge in [-0.3, -0.25) is 0 Å². The Morgan fingerprint density at radius 2 is 1.31 bits per heavy atom. The fourth-order valence-electron chi connectivity index (χ4n) is 4.62. The molecule has 2 unspecified atom stereocenters. The molecule has 0 aliphatic carbocycles. The van der Waals surface area contributed by atoms with E-state index in [2.05, 4.69) is 68.7 Å². The van der Waals surface area contributed by atoms with E-state index in [4.69, 9.17) is 14.2 Å². The van der Waals surface area contributed by atoms with Crippen LogP contribution in [0.25, 0.3) is 11.1 Å². The van der Waals surface area contributed by atoms with E-state index in [1.807, 2.05) is 36.4 Å². The van der Waals surface area contributed by atoms with Gasteiger partial charge in [-0.25, -0.2) is 9.59 Å². The summed E-state index contributed by atoms with van der Waals surface area (Å²) in [7, 11) is 0. The van der Waals surface area contributed by atoms with Crippen molar-refractivity contribution in [2.75, 3.05) is 32.9 Å². The number of carbonyl (C=O) groups is 2. The second-order valence-corrected chi connectivity index (χ2v) is 10.5. The highest BCUT2D eigenvalue weighted by molar-refractivity contribution is 5.74. The molecule has 0 bridgehead atoms. The number of urea groups is 1. The van der Waals surface area contributed by atoms with Crippen LogP contribution in [0.4, 0.5) is 4.79 Å². The van der Waals surface area contributed by atoms with Crippen LogP contribution in [0.2, 0.25) is 0 Å². The Labute approximate surface area is 251 Å². The zero-order valence-corrected chi connectivity index (χ0v) is 25.7. The van der Waals surface area contributed by atoms with Crippen LogP contribution in [0, 0.1) is 0 Å². The predicted molar refractivity (Wildman–Crippen MR) is 168 cm³/mol. The molecule has 2 atom stereocenters. The zero-order valence-electron chi connectivity index (χ0n) is 25.7. The number of nitrogens with one attached hydrogen (secondary N) is 2. The Morgan fingerprint density at radius 3 is 1.88 bits per heavy atom. The second kappa shape index (κ2) is 17.1. The van der Waals surface area contributed by atoms with Crippen molar-refractivity contribution in [3.05, 3.63) is 83.4 Å². The summed E-state index contributed by atoms with van der Waals surface area (Å²) in [5.41, 5.74) is 5.57. The van der Waals surface area contributed by atoms with Crippen LogP contribution < -0.4 is 20.1 Å². The van der Waals surface area contributed by atoms with Crippen LogP contribution in [-0.4, -0.2) is 44.9 Å². The monoisotopic (exact) mass is 574 g/mol. The lowest BCUT2D eigenvalue weighted by Gasteiger charge is -2.20. The summed E-state index contributed by atoms with van der Waals surface area (Å²) in [6.45, 7) is 12.0.